The molecule has 2 saturated heterocycles. The van der Waals surface area contributed by atoms with Crippen molar-refractivity contribution in [2.45, 2.75) is 421 Å². The molecule has 12 atom stereocenters. The molecule has 2 fully saturated rings. The zero-order valence-corrected chi connectivity index (χ0v) is 55.6. The van der Waals surface area contributed by atoms with Gasteiger partial charge in [0.15, 0.2) is 12.6 Å². The molecule has 2 aliphatic heterocycles. The summed E-state index contributed by atoms with van der Waals surface area (Å²) < 4.78 is 22.9. The van der Waals surface area contributed by atoms with Crippen molar-refractivity contribution in [1.29, 1.82) is 0 Å². The Balaban J connectivity index is 1.64. The van der Waals surface area contributed by atoms with E-state index < -0.39 is 86.8 Å². The molecule has 0 aliphatic carbocycles. The minimum Gasteiger partial charge on any atom is -0.394 e. The Kier molecular flexibility index (Phi) is 54.1. The number of allylic oxidation sites excluding steroid dienone is 1. The molecule has 0 spiro atoms. The van der Waals surface area contributed by atoms with Gasteiger partial charge in [0.05, 0.1) is 32.0 Å². The van der Waals surface area contributed by atoms with Gasteiger partial charge in [-0.05, 0) is 19.3 Å². The molecule has 9 N–H and O–H groups in total. The second kappa shape index (κ2) is 57.6. The van der Waals surface area contributed by atoms with E-state index in [-0.39, 0.29) is 18.9 Å². The minimum atomic E-state index is -1.79. The van der Waals surface area contributed by atoms with E-state index >= 15 is 0 Å². The second-order valence-electron chi connectivity index (χ2n) is 26.4. The van der Waals surface area contributed by atoms with Gasteiger partial charge in [0.1, 0.15) is 48.8 Å². The predicted molar refractivity (Wildman–Crippen MR) is 351 cm³/mol. The van der Waals surface area contributed by atoms with Crippen LogP contribution in [0.4, 0.5) is 0 Å². The van der Waals surface area contributed by atoms with Crippen molar-refractivity contribution in [2.75, 3.05) is 19.8 Å². The summed E-state index contributed by atoms with van der Waals surface area (Å²) in [5.41, 5.74) is 0. The van der Waals surface area contributed by atoms with Crippen molar-refractivity contribution in [3.63, 3.8) is 0 Å². The van der Waals surface area contributed by atoms with E-state index in [1.54, 1.807) is 6.08 Å². The summed E-state index contributed by atoms with van der Waals surface area (Å²) in [6, 6.07) is -0.911. The molecule has 1 amide bonds. The Bertz CT molecular complexity index is 1490. The maximum Gasteiger partial charge on any atom is 0.220 e. The predicted octanol–water partition coefficient (Wildman–Crippen LogP) is 15.4. The molecule has 510 valence electrons. The number of unbranched alkanes of at least 4 members (excludes halogenated alkanes) is 49. The molecular weight excluding hydrogens is 1090 g/mol. The lowest BCUT2D eigenvalue weighted by molar-refractivity contribution is -0.359. The highest BCUT2D eigenvalue weighted by Gasteiger charge is 2.51. The zero-order chi connectivity index (χ0) is 62.3. The topological polar surface area (TPSA) is 228 Å². The van der Waals surface area contributed by atoms with Gasteiger partial charge in [0.25, 0.3) is 0 Å². The van der Waals surface area contributed by atoms with Crippen LogP contribution in [0.25, 0.3) is 0 Å². The van der Waals surface area contributed by atoms with E-state index in [0.717, 1.165) is 38.5 Å². The molecular formula is C72H139NO13. The van der Waals surface area contributed by atoms with Crippen LogP contribution in [-0.4, -0.2) is 140 Å². The normalized spacial score (nSPS) is 23.4. The van der Waals surface area contributed by atoms with E-state index in [2.05, 4.69) is 19.2 Å². The average Bonchev–Trinajstić information content (AvgIpc) is 2.32. The molecule has 12 unspecified atom stereocenters. The fourth-order valence-electron chi connectivity index (χ4n) is 12.6. The van der Waals surface area contributed by atoms with Crippen LogP contribution >= 0.6 is 0 Å². The van der Waals surface area contributed by atoms with Crippen LogP contribution in [0, 0.1) is 0 Å². The quantitative estimate of drug-likeness (QED) is 0.0204. The molecule has 0 bridgehead atoms. The average molecular weight is 1230 g/mol. The third-order valence-electron chi connectivity index (χ3n) is 18.5. The summed E-state index contributed by atoms with van der Waals surface area (Å²) in [6.45, 7) is 2.86. The lowest BCUT2D eigenvalue weighted by atomic mass is 9.97. The number of aliphatic hydroxyl groups is 8. The van der Waals surface area contributed by atoms with Crippen molar-refractivity contribution in [2.24, 2.45) is 0 Å². The molecule has 14 heteroatoms. The second-order valence-corrected chi connectivity index (χ2v) is 26.4. The first-order chi connectivity index (χ1) is 42.1. The summed E-state index contributed by atoms with van der Waals surface area (Å²) in [6.07, 6.45) is 54.2. The first-order valence-corrected chi connectivity index (χ1v) is 36.9. The smallest absolute Gasteiger partial charge is 0.220 e. The van der Waals surface area contributed by atoms with Gasteiger partial charge in [-0.2, -0.15) is 0 Å². The number of carbonyl (C=O) groups excluding carboxylic acids is 1. The van der Waals surface area contributed by atoms with Crippen LogP contribution in [0.5, 0.6) is 0 Å². The van der Waals surface area contributed by atoms with Crippen LogP contribution in [0.1, 0.15) is 348 Å². The van der Waals surface area contributed by atoms with Crippen molar-refractivity contribution in [1.82, 2.24) is 5.32 Å². The Morgan fingerprint density at radius 1 is 0.407 bits per heavy atom. The number of ether oxygens (including phenoxy) is 4. The van der Waals surface area contributed by atoms with Crippen molar-refractivity contribution >= 4 is 5.91 Å². The van der Waals surface area contributed by atoms with Gasteiger partial charge < -0.3 is 65.1 Å². The first-order valence-electron chi connectivity index (χ1n) is 36.9. The summed E-state index contributed by atoms with van der Waals surface area (Å²) >= 11 is 0. The molecule has 2 aliphatic rings. The van der Waals surface area contributed by atoms with E-state index in [1.165, 1.54) is 283 Å². The number of hydrogen-bond donors (Lipinski definition) is 9. The third-order valence-corrected chi connectivity index (χ3v) is 18.5. The first kappa shape index (κ1) is 80.8. The van der Waals surface area contributed by atoms with Gasteiger partial charge in [0.2, 0.25) is 5.91 Å². The Morgan fingerprint density at radius 3 is 1.07 bits per heavy atom. The summed E-state index contributed by atoms with van der Waals surface area (Å²) in [5.74, 6) is -0.231. The van der Waals surface area contributed by atoms with Crippen LogP contribution < -0.4 is 5.32 Å². The van der Waals surface area contributed by atoms with Gasteiger partial charge >= 0.3 is 0 Å². The summed E-state index contributed by atoms with van der Waals surface area (Å²) in [4.78, 5) is 13.3. The van der Waals surface area contributed by atoms with Crippen molar-refractivity contribution in [3.05, 3.63) is 12.2 Å². The lowest BCUT2D eigenvalue weighted by Crippen LogP contribution is -2.65. The van der Waals surface area contributed by atoms with E-state index in [1.807, 2.05) is 6.08 Å². The summed E-state index contributed by atoms with van der Waals surface area (Å²) in [7, 11) is 0. The van der Waals surface area contributed by atoms with Crippen LogP contribution in [-0.2, 0) is 23.7 Å². The van der Waals surface area contributed by atoms with Crippen molar-refractivity contribution < 1.29 is 64.6 Å². The van der Waals surface area contributed by atoms with Crippen molar-refractivity contribution in [3.8, 4) is 0 Å². The molecule has 0 radical (unpaired) electrons. The van der Waals surface area contributed by atoms with E-state index in [0.29, 0.717) is 6.42 Å². The lowest BCUT2D eigenvalue weighted by Gasteiger charge is -2.46. The fourth-order valence-corrected chi connectivity index (χ4v) is 12.6. The summed E-state index contributed by atoms with van der Waals surface area (Å²) in [5, 5.41) is 87.5. The standard InChI is InChI=1S/C72H139NO13/c1-3-5-7-9-11-13-15-17-19-21-23-25-26-27-28-29-30-31-32-33-34-35-36-37-39-41-43-45-47-49-51-53-55-61(76)60(73-64(77)56-54-52-50-48-46-44-42-40-38-24-22-20-18-16-14-12-10-8-6-4-2)59-83-71-69(82)67(80)70(63(58-75)85-71)86-72-68(81)66(79)65(78)62(57-74)84-72/h53,55,60-63,65-72,74-76,78-82H,3-52,54,56-59H2,1-2H3,(H,73,77)/b55-53+. The Labute approximate surface area is 526 Å². The van der Waals surface area contributed by atoms with Crippen LogP contribution in [0.15, 0.2) is 12.2 Å². The van der Waals surface area contributed by atoms with Gasteiger partial charge in [-0.25, -0.2) is 0 Å². The SMILES string of the molecule is CCCCCCCCCCCCCCCCCCCCCCCCCCCCCCCC/C=C/C(O)C(COC1OC(CO)C(OC2OC(CO)C(O)C(O)C2O)C(O)C1O)NC(=O)CCCCCCCCCCCCCCCCCCCCCC. The maximum absolute atomic E-state index is 13.3. The number of hydrogen-bond acceptors (Lipinski definition) is 13. The van der Waals surface area contributed by atoms with Gasteiger partial charge in [-0.15, -0.1) is 0 Å². The van der Waals surface area contributed by atoms with E-state index in [9.17, 15) is 45.6 Å². The largest absolute Gasteiger partial charge is 0.394 e. The molecule has 0 aromatic heterocycles. The molecule has 2 rings (SSSR count). The number of nitrogens with one attached hydrogen (secondary N) is 1. The maximum atomic E-state index is 13.3. The third kappa shape index (κ3) is 41.3. The number of rotatable bonds is 62. The molecule has 2 heterocycles. The van der Waals surface area contributed by atoms with Gasteiger partial charge in [-0.3, -0.25) is 4.79 Å². The fraction of sp³-hybridized carbons (Fsp3) is 0.958. The Hall–Kier alpha value is -1.27. The number of aliphatic hydroxyl groups excluding tert-OH is 8. The zero-order valence-electron chi connectivity index (χ0n) is 55.6. The van der Waals surface area contributed by atoms with E-state index in [4.69, 9.17) is 18.9 Å². The Morgan fingerprint density at radius 2 is 0.721 bits per heavy atom. The molecule has 86 heavy (non-hydrogen) atoms. The highest BCUT2D eigenvalue weighted by atomic mass is 16.7. The molecule has 0 saturated carbocycles. The monoisotopic (exact) mass is 1230 g/mol. The highest BCUT2D eigenvalue weighted by molar-refractivity contribution is 5.76. The molecule has 0 aromatic carbocycles. The minimum absolute atomic E-state index is 0.231. The highest BCUT2D eigenvalue weighted by Crippen LogP contribution is 2.30. The van der Waals surface area contributed by atoms with Crippen LogP contribution in [0.2, 0.25) is 0 Å². The molecule has 0 aromatic rings. The van der Waals surface area contributed by atoms with Crippen LogP contribution in [0.3, 0.4) is 0 Å². The molecule has 14 nitrogen and oxygen atoms in total. The van der Waals surface area contributed by atoms with Gasteiger partial charge in [-0.1, -0.05) is 334 Å². The van der Waals surface area contributed by atoms with Gasteiger partial charge in [0, 0.05) is 6.42 Å². The number of amides is 1. The number of carbonyl (C=O) groups is 1.